The number of hydrogen-bond donors (Lipinski definition) is 1. The second-order valence-corrected chi connectivity index (χ2v) is 10.8. The van der Waals surface area contributed by atoms with Crippen molar-refractivity contribution in [2.24, 2.45) is 0 Å². The molecule has 7 nitrogen and oxygen atoms in total. The molecule has 0 aliphatic carbocycles. The van der Waals surface area contributed by atoms with E-state index >= 15 is 0 Å². The maximum absolute atomic E-state index is 13.5. The molecule has 2 aromatic carbocycles. The van der Waals surface area contributed by atoms with Crippen LogP contribution in [0.4, 0.5) is 10.1 Å². The molecule has 0 aliphatic rings. The maximum Gasteiger partial charge on any atom is 0.244 e. The number of sulfonamides is 1. The van der Waals surface area contributed by atoms with Crippen molar-refractivity contribution in [2.45, 2.75) is 45.7 Å². The highest BCUT2D eigenvalue weighted by Crippen LogP contribution is 2.23. The number of benzene rings is 2. The molecule has 0 saturated carbocycles. The fourth-order valence-corrected chi connectivity index (χ4v) is 4.69. The molecule has 2 rings (SSSR count). The first-order chi connectivity index (χ1) is 16.1. The van der Waals surface area contributed by atoms with Crippen LogP contribution in [-0.4, -0.2) is 50.5 Å². The van der Waals surface area contributed by atoms with E-state index in [-0.39, 0.29) is 12.5 Å². The lowest BCUT2D eigenvalue weighted by molar-refractivity contribution is -0.140. The summed E-state index contributed by atoms with van der Waals surface area (Å²) in [6.45, 7) is 3.84. The standard InChI is InChI=1S/C24H31BrFN3O4S/c1-4-6-14-27-24(31)22(5-2)28(16-18-10-12-20(26)13-11-18)23(30)17-29(34(3,32)33)21-9-7-8-19(25)15-21/h7-13,15,22H,4-6,14,16-17H2,1-3H3,(H,27,31)/t22-/m1/s1. The molecule has 1 N–H and O–H groups in total. The van der Waals surface area contributed by atoms with E-state index in [1.165, 1.54) is 17.0 Å². The van der Waals surface area contributed by atoms with Gasteiger partial charge in [0.2, 0.25) is 21.8 Å². The zero-order valence-corrected chi connectivity index (χ0v) is 22.0. The predicted octanol–water partition coefficient (Wildman–Crippen LogP) is 4.08. The zero-order chi connectivity index (χ0) is 25.3. The Morgan fingerprint density at radius 3 is 2.35 bits per heavy atom. The van der Waals surface area contributed by atoms with Crippen LogP contribution in [0.15, 0.2) is 53.0 Å². The van der Waals surface area contributed by atoms with Crippen LogP contribution in [0.2, 0.25) is 0 Å². The van der Waals surface area contributed by atoms with E-state index < -0.39 is 34.3 Å². The Labute approximate surface area is 209 Å². The number of unbranched alkanes of at least 4 members (excludes halogenated alkanes) is 1. The third-order valence-corrected chi connectivity index (χ3v) is 6.89. The number of halogens is 2. The molecule has 0 aromatic heterocycles. The lowest BCUT2D eigenvalue weighted by Gasteiger charge is -2.33. The van der Waals surface area contributed by atoms with Gasteiger partial charge in [-0.3, -0.25) is 13.9 Å². The van der Waals surface area contributed by atoms with Crippen LogP contribution in [0.25, 0.3) is 0 Å². The molecule has 0 bridgehead atoms. The molecule has 0 spiro atoms. The van der Waals surface area contributed by atoms with Gasteiger partial charge in [0.05, 0.1) is 11.9 Å². The van der Waals surface area contributed by atoms with Gasteiger partial charge in [-0.25, -0.2) is 12.8 Å². The second-order valence-electron chi connectivity index (χ2n) is 7.97. The molecule has 0 radical (unpaired) electrons. The van der Waals surface area contributed by atoms with E-state index in [0.717, 1.165) is 23.4 Å². The summed E-state index contributed by atoms with van der Waals surface area (Å²) in [5, 5.41) is 2.86. The summed E-state index contributed by atoms with van der Waals surface area (Å²) in [5.74, 6) is -1.25. The van der Waals surface area contributed by atoms with Gasteiger partial charge in [0.15, 0.2) is 0 Å². The number of rotatable bonds is 12. The van der Waals surface area contributed by atoms with Gasteiger partial charge in [0.1, 0.15) is 18.4 Å². The minimum absolute atomic E-state index is 0.0366. The van der Waals surface area contributed by atoms with Crippen molar-refractivity contribution < 1.29 is 22.4 Å². The summed E-state index contributed by atoms with van der Waals surface area (Å²) >= 11 is 3.33. The number of nitrogens with one attached hydrogen (secondary N) is 1. The minimum atomic E-state index is -3.80. The summed E-state index contributed by atoms with van der Waals surface area (Å²) in [6.07, 6.45) is 3.07. The van der Waals surface area contributed by atoms with Crippen molar-refractivity contribution in [1.82, 2.24) is 10.2 Å². The zero-order valence-electron chi connectivity index (χ0n) is 19.6. The molecule has 186 valence electrons. The summed E-state index contributed by atoms with van der Waals surface area (Å²) < 4.78 is 40.2. The molecular formula is C24H31BrFN3O4S. The Hall–Kier alpha value is -2.46. The number of carbonyl (C=O) groups is 2. The minimum Gasteiger partial charge on any atom is -0.354 e. The monoisotopic (exact) mass is 555 g/mol. The van der Waals surface area contributed by atoms with E-state index in [9.17, 15) is 22.4 Å². The number of nitrogens with zero attached hydrogens (tertiary/aromatic N) is 2. The van der Waals surface area contributed by atoms with Crippen LogP contribution >= 0.6 is 15.9 Å². The summed E-state index contributed by atoms with van der Waals surface area (Å²) in [7, 11) is -3.80. The van der Waals surface area contributed by atoms with E-state index in [2.05, 4.69) is 21.2 Å². The van der Waals surface area contributed by atoms with Crippen LogP contribution in [-0.2, 0) is 26.2 Å². The lowest BCUT2D eigenvalue weighted by Crippen LogP contribution is -2.52. The van der Waals surface area contributed by atoms with Gasteiger partial charge in [0.25, 0.3) is 0 Å². The first-order valence-corrected chi connectivity index (χ1v) is 13.8. The van der Waals surface area contributed by atoms with Crippen LogP contribution in [0.5, 0.6) is 0 Å². The Bertz CT molecular complexity index is 1080. The normalized spacial score (nSPS) is 12.1. The maximum atomic E-state index is 13.5. The third-order valence-electron chi connectivity index (χ3n) is 5.26. The molecule has 2 amide bonds. The third kappa shape index (κ3) is 8.09. The number of carbonyl (C=O) groups excluding carboxylic acids is 2. The quantitative estimate of drug-likeness (QED) is 0.400. The van der Waals surface area contributed by atoms with Crippen LogP contribution < -0.4 is 9.62 Å². The molecule has 1 atom stereocenters. The Morgan fingerprint density at radius 2 is 1.79 bits per heavy atom. The molecular weight excluding hydrogens is 525 g/mol. The van der Waals surface area contributed by atoms with Crippen LogP contribution in [0.1, 0.15) is 38.7 Å². The molecule has 0 heterocycles. The van der Waals surface area contributed by atoms with Crippen molar-refractivity contribution in [3.05, 3.63) is 64.4 Å². The van der Waals surface area contributed by atoms with Crippen molar-refractivity contribution in [2.75, 3.05) is 23.7 Å². The molecule has 34 heavy (non-hydrogen) atoms. The van der Waals surface area contributed by atoms with Gasteiger partial charge >= 0.3 is 0 Å². The largest absolute Gasteiger partial charge is 0.354 e. The summed E-state index contributed by atoms with van der Waals surface area (Å²) in [4.78, 5) is 27.8. The smallest absolute Gasteiger partial charge is 0.244 e. The van der Waals surface area contributed by atoms with Crippen LogP contribution in [0.3, 0.4) is 0 Å². The van der Waals surface area contributed by atoms with Gasteiger partial charge in [0, 0.05) is 17.6 Å². The number of hydrogen-bond acceptors (Lipinski definition) is 4. The van der Waals surface area contributed by atoms with E-state index in [1.54, 1.807) is 43.3 Å². The van der Waals surface area contributed by atoms with E-state index in [0.29, 0.717) is 28.7 Å². The first-order valence-electron chi connectivity index (χ1n) is 11.1. The van der Waals surface area contributed by atoms with Gasteiger partial charge in [-0.1, -0.05) is 54.4 Å². The second kappa shape index (κ2) is 12.9. The lowest BCUT2D eigenvalue weighted by atomic mass is 10.1. The molecule has 0 aliphatic heterocycles. The first kappa shape index (κ1) is 27.8. The average molecular weight is 556 g/mol. The fraction of sp³-hybridized carbons (Fsp3) is 0.417. The van der Waals surface area contributed by atoms with Crippen molar-refractivity contribution in [3.8, 4) is 0 Å². The van der Waals surface area contributed by atoms with Gasteiger partial charge in [-0.2, -0.15) is 0 Å². The molecule has 0 unspecified atom stereocenters. The van der Waals surface area contributed by atoms with E-state index in [4.69, 9.17) is 0 Å². The Kier molecular flexibility index (Phi) is 10.5. The summed E-state index contributed by atoms with van der Waals surface area (Å²) in [5.41, 5.74) is 0.954. The average Bonchev–Trinajstić information content (AvgIpc) is 2.78. The SMILES string of the molecule is CCCCNC(=O)[C@@H](CC)N(Cc1ccc(F)cc1)C(=O)CN(c1cccc(Br)c1)S(C)(=O)=O. The van der Waals surface area contributed by atoms with Gasteiger partial charge in [-0.05, 0) is 48.7 Å². The van der Waals surface area contributed by atoms with Crippen molar-refractivity contribution >= 4 is 43.5 Å². The predicted molar refractivity (Wildman–Crippen MR) is 135 cm³/mol. The highest BCUT2D eigenvalue weighted by Gasteiger charge is 2.31. The van der Waals surface area contributed by atoms with E-state index in [1.807, 2.05) is 6.92 Å². The van der Waals surface area contributed by atoms with Crippen molar-refractivity contribution in [1.29, 1.82) is 0 Å². The Balaban J connectivity index is 2.39. The molecule has 0 fully saturated rings. The van der Waals surface area contributed by atoms with Gasteiger partial charge < -0.3 is 10.2 Å². The molecule has 10 heteroatoms. The van der Waals surface area contributed by atoms with Gasteiger partial charge in [-0.15, -0.1) is 0 Å². The van der Waals surface area contributed by atoms with Crippen LogP contribution in [0, 0.1) is 5.82 Å². The topological polar surface area (TPSA) is 86.8 Å². The number of amides is 2. The Morgan fingerprint density at radius 1 is 1.12 bits per heavy atom. The highest BCUT2D eigenvalue weighted by atomic mass is 79.9. The summed E-state index contributed by atoms with van der Waals surface area (Å²) in [6, 6.07) is 11.5. The molecule has 2 aromatic rings. The number of anilines is 1. The molecule has 0 saturated heterocycles. The van der Waals surface area contributed by atoms with Crippen molar-refractivity contribution in [3.63, 3.8) is 0 Å². The highest BCUT2D eigenvalue weighted by molar-refractivity contribution is 9.10. The fourth-order valence-electron chi connectivity index (χ4n) is 3.46.